The van der Waals surface area contributed by atoms with Crippen molar-refractivity contribution in [3.8, 4) is 11.3 Å². The van der Waals surface area contributed by atoms with Crippen LogP contribution in [0.15, 0.2) is 34.9 Å². The first-order valence-electron chi connectivity index (χ1n) is 6.27. The average Bonchev–Trinajstić information content (AvgIpc) is 2.80. The normalized spacial score (nSPS) is 21.2. The van der Waals surface area contributed by atoms with Gasteiger partial charge in [-0.2, -0.15) is 0 Å². The van der Waals surface area contributed by atoms with Crippen LogP contribution in [0.25, 0.3) is 11.3 Å². The summed E-state index contributed by atoms with van der Waals surface area (Å²) in [6, 6.07) is 9.40. The van der Waals surface area contributed by atoms with Gasteiger partial charge in [-0.1, -0.05) is 49.3 Å². The Balaban J connectivity index is 2.15. The molecule has 0 saturated carbocycles. The highest BCUT2D eigenvalue weighted by molar-refractivity contribution is 6.06. The Bertz CT molecular complexity index is 628. The van der Waals surface area contributed by atoms with Crippen molar-refractivity contribution in [2.75, 3.05) is 0 Å². The number of aromatic nitrogens is 1. The monoisotopic (exact) mass is 257 g/mol. The van der Waals surface area contributed by atoms with E-state index in [-0.39, 0.29) is 5.78 Å². The lowest BCUT2D eigenvalue weighted by molar-refractivity contribution is 0.0308. The maximum absolute atomic E-state index is 12.3. The molecule has 0 radical (unpaired) electrons. The number of carbonyl (C=O) groups excluding carboxylic acids is 1. The number of aliphatic hydroxyl groups excluding tert-OH is 1. The standard InChI is InChI=1S/C15H15NO3/c1-15(2)8-10-11(13(17)14(15)18)12(16-19-10)9-6-4-3-5-7-9/h3-7,14,18H,8H2,1-2H3. The number of rotatable bonds is 1. The predicted octanol–water partition coefficient (Wildman–Crippen LogP) is 2.47. The second kappa shape index (κ2) is 4.03. The van der Waals surface area contributed by atoms with Gasteiger partial charge in [-0.15, -0.1) is 0 Å². The lowest BCUT2D eigenvalue weighted by Crippen LogP contribution is -2.42. The van der Waals surface area contributed by atoms with E-state index in [0.717, 1.165) is 5.56 Å². The maximum atomic E-state index is 12.3. The molecule has 3 rings (SSSR count). The van der Waals surface area contributed by atoms with E-state index in [1.807, 2.05) is 44.2 Å². The molecule has 1 aromatic heterocycles. The molecule has 0 aliphatic heterocycles. The number of fused-ring (bicyclic) bond motifs is 1. The number of benzene rings is 1. The van der Waals surface area contributed by atoms with Gasteiger partial charge in [0.1, 0.15) is 17.6 Å². The molecule has 1 aromatic carbocycles. The van der Waals surface area contributed by atoms with E-state index in [2.05, 4.69) is 5.16 Å². The first kappa shape index (κ1) is 12.1. The zero-order chi connectivity index (χ0) is 13.6. The third-order valence-electron chi connectivity index (χ3n) is 3.66. The fourth-order valence-corrected chi connectivity index (χ4v) is 2.49. The number of aliphatic hydroxyl groups is 1. The van der Waals surface area contributed by atoms with E-state index >= 15 is 0 Å². The summed E-state index contributed by atoms with van der Waals surface area (Å²) >= 11 is 0. The second-order valence-corrected chi connectivity index (χ2v) is 5.63. The molecule has 1 unspecified atom stereocenters. The van der Waals surface area contributed by atoms with E-state index in [4.69, 9.17) is 4.52 Å². The van der Waals surface area contributed by atoms with Crippen LogP contribution in [0.3, 0.4) is 0 Å². The van der Waals surface area contributed by atoms with Crippen molar-refractivity contribution in [1.82, 2.24) is 5.16 Å². The topological polar surface area (TPSA) is 63.3 Å². The van der Waals surface area contributed by atoms with Crippen molar-refractivity contribution in [3.05, 3.63) is 41.7 Å². The summed E-state index contributed by atoms with van der Waals surface area (Å²) in [6.45, 7) is 3.70. The largest absolute Gasteiger partial charge is 0.384 e. The average molecular weight is 257 g/mol. The molecule has 2 aromatic rings. The lowest BCUT2D eigenvalue weighted by Gasteiger charge is -2.32. The number of carbonyl (C=O) groups is 1. The van der Waals surface area contributed by atoms with Crippen molar-refractivity contribution in [2.45, 2.75) is 26.4 Å². The molecular weight excluding hydrogens is 242 g/mol. The van der Waals surface area contributed by atoms with Gasteiger partial charge in [0, 0.05) is 17.4 Å². The molecule has 98 valence electrons. The highest BCUT2D eigenvalue weighted by atomic mass is 16.5. The predicted molar refractivity (Wildman–Crippen MR) is 69.8 cm³/mol. The van der Waals surface area contributed by atoms with Crippen LogP contribution in [0, 0.1) is 5.41 Å². The van der Waals surface area contributed by atoms with E-state index < -0.39 is 11.5 Å². The summed E-state index contributed by atoms with van der Waals surface area (Å²) in [5, 5.41) is 14.1. The molecule has 0 spiro atoms. The van der Waals surface area contributed by atoms with Crippen molar-refractivity contribution in [2.24, 2.45) is 5.41 Å². The summed E-state index contributed by atoms with van der Waals surface area (Å²) in [5.41, 5.74) is 1.26. The van der Waals surface area contributed by atoms with Crippen LogP contribution in [-0.2, 0) is 6.42 Å². The third-order valence-corrected chi connectivity index (χ3v) is 3.66. The summed E-state index contributed by atoms with van der Waals surface area (Å²) < 4.78 is 5.31. The van der Waals surface area contributed by atoms with Gasteiger partial charge in [0.2, 0.25) is 0 Å². The van der Waals surface area contributed by atoms with Crippen molar-refractivity contribution in [1.29, 1.82) is 0 Å². The minimum absolute atomic E-state index is 0.300. The molecule has 4 nitrogen and oxygen atoms in total. The molecule has 0 saturated heterocycles. The Kier molecular flexibility index (Phi) is 2.57. The Morgan fingerprint density at radius 2 is 2.00 bits per heavy atom. The highest BCUT2D eigenvalue weighted by Gasteiger charge is 2.44. The Morgan fingerprint density at radius 1 is 1.32 bits per heavy atom. The van der Waals surface area contributed by atoms with E-state index in [0.29, 0.717) is 23.4 Å². The van der Waals surface area contributed by atoms with Gasteiger partial charge in [-0.05, 0) is 0 Å². The molecular formula is C15H15NO3. The first-order valence-corrected chi connectivity index (χ1v) is 6.27. The van der Waals surface area contributed by atoms with Crippen molar-refractivity contribution < 1.29 is 14.4 Å². The van der Waals surface area contributed by atoms with Crippen LogP contribution in [-0.4, -0.2) is 22.2 Å². The SMILES string of the molecule is CC1(C)Cc2onc(-c3ccccc3)c2C(=O)C1O. The van der Waals surface area contributed by atoms with Crippen molar-refractivity contribution >= 4 is 5.78 Å². The lowest BCUT2D eigenvalue weighted by atomic mass is 9.73. The second-order valence-electron chi connectivity index (χ2n) is 5.63. The first-order chi connectivity index (χ1) is 9.00. The van der Waals surface area contributed by atoms with E-state index in [9.17, 15) is 9.90 Å². The summed E-state index contributed by atoms with van der Waals surface area (Å²) in [7, 11) is 0. The molecule has 4 heteroatoms. The summed E-state index contributed by atoms with van der Waals surface area (Å²) in [6.07, 6.45) is -0.503. The van der Waals surface area contributed by atoms with Crippen LogP contribution >= 0.6 is 0 Å². The quantitative estimate of drug-likeness (QED) is 0.852. The molecule has 0 bridgehead atoms. The highest BCUT2D eigenvalue weighted by Crippen LogP contribution is 2.39. The van der Waals surface area contributed by atoms with Gasteiger partial charge in [0.05, 0.1) is 5.56 Å². The van der Waals surface area contributed by atoms with Crippen LogP contribution < -0.4 is 0 Å². The van der Waals surface area contributed by atoms with E-state index in [1.54, 1.807) is 0 Å². The molecule has 1 aliphatic carbocycles. The summed E-state index contributed by atoms with van der Waals surface area (Å²) in [4.78, 5) is 12.3. The zero-order valence-corrected chi connectivity index (χ0v) is 10.9. The maximum Gasteiger partial charge on any atom is 0.197 e. The van der Waals surface area contributed by atoms with Gasteiger partial charge in [0.15, 0.2) is 5.78 Å². The Labute approximate surface area is 111 Å². The van der Waals surface area contributed by atoms with Gasteiger partial charge >= 0.3 is 0 Å². The number of hydrogen-bond acceptors (Lipinski definition) is 4. The van der Waals surface area contributed by atoms with Gasteiger partial charge in [0.25, 0.3) is 0 Å². The van der Waals surface area contributed by atoms with Crippen LogP contribution in [0.5, 0.6) is 0 Å². The minimum Gasteiger partial charge on any atom is -0.384 e. The van der Waals surface area contributed by atoms with Crippen LogP contribution in [0.4, 0.5) is 0 Å². The van der Waals surface area contributed by atoms with E-state index in [1.165, 1.54) is 0 Å². The van der Waals surface area contributed by atoms with Gasteiger partial charge in [-0.3, -0.25) is 4.79 Å². The number of nitrogens with zero attached hydrogens (tertiary/aromatic N) is 1. The molecule has 1 N–H and O–H groups in total. The van der Waals surface area contributed by atoms with Crippen LogP contribution in [0.1, 0.15) is 30.0 Å². The number of ketones is 1. The minimum atomic E-state index is -1.01. The Hall–Kier alpha value is -1.94. The summed E-state index contributed by atoms with van der Waals surface area (Å²) in [5.74, 6) is 0.269. The molecule has 0 amide bonds. The Morgan fingerprint density at radius 3 is 2.68 bits per heavy atom. The van der Waals surface area contributed by atoms with Gasteiger partial charge < -0.3 is 9.63 Å². The molecule has 19 heavy (non-hydrogen) atoms. The smallest absolute Gasteiger partial charge is 0.197 e. The third kappa shape index (κ3) is 1.79. The zero-order valence-electron chi connectivity index (χ0n) is 10.9. The van der Waals surface area contributed by atoms with Gasteiger partial charge in [-0.25, -0.2) is 0 Å². The fourth-order valence-electron chi connectivity index (χ4n) is 2.49. The molecule has 1 heterocycles. The van der Waals surface area contributed by atoms with Crippen molar-refractivity contribution in [3.63, 3.8) is 0 Å². The molecule has 0 fully saturated rings. The number of Topliss-reactive ketones (excluding diaryl/α,β-unsaturated/α-hetero) is 1. The number of hydrogen-bond donors (Lipinski definition) is 1. The fraction of sp³-hybridized carbons (Fsp3) is 0.333. The molecule has 1 aliphatic rings. The van der Waals surface area contributed by atoms with Crippen LogP contribution in [0.2, 0.25) is 0 Å². The molecule has 1 atom stereocenters.